The Hall–Kier alpha value is -14.5. The fraction of sp³-hybridized carbons (Fsp3) is 0.429. The number of rotatable bonds is 22. The molecule has 4 saturated heterocycles. The number of pyridine rings is 4. The van der Waals surface area contributed by atoms with E-state index in [4.69, 9.17) is 48.4 Å². The highest BCUT2D eigenvalue weighted by Gasteiger charge is 2.53. The largest absolute Gasteiger partial charge is 0.381 e. The molecule has 8 aliphatic rings. The SMILES string of the molecule is CNc1cc(-c2cn(C3CCOCC3)c3ncccc23)nc2c(C(=O)N[C@@H]3CCC3(F)F)cnn12.CNc1cc(-c2cn(C3CCOCC3)c3ncccc23)nc2c(C(=O)N[C@H]3CCC3(F)F)cnn12.CNc1cc(-c2cn([C@@H]3CCOC[C@@H]3OC)c3ncccc23)nc2c(C(=O)NC3CCC3(F)F)cnn12.CNc1cc(-c2cn([C@H]3CCOC[C@H]3OC)c3ncccc23)nc2c(C(=O)NC3CCC3(F)F)cnn12. The molecule has 38 nitrogen and oxygen atoms in total. The Morgan fingerprint density at radius 2 is 0.590 bits per heavy atom. The summed E-state index contributed by atoms with van der Waals surface area (Å²) >= 11 is 0. The lowest BCUT2D eigenvalue weighted by molar-refractivity contribution is -0.102. The minimum absolute atomic E-state index is 0.0258. The van der Waals surface area contributed by atoms with Gasteiger partial charge in [0.2, 0.25) is 0 Å². The number of carbonyl (C=O) groups is 4. The quantitative estimate of drug-likeness (QED) is 0.0292. The maximum absolute atomic E-state index is 13.8. The van der Waals surface area contributed by atoms with Crippen LogP contribution in [-0.4, -0.2) is 276 Å². The van der Waals surface area contributed by atoms with Crippen molar-refractivity contribution in [1.29, 1.82) is 0 Å². The van der Waals surface area contributed by atoms with Crippen LogP contribution in [0, 0.1) is 0 Å². The second kappa shape index (κ2) is 39.0. The van der Waals surface area contributed by atoms with Crippen LogP contribution in [0.2, 0.25) is 0 Å². The number of carbonyl (C=O) groups excluding carboxylic acids is 4. The molecule has 0 spiro atoms. The average molecular weight is 1990 g/mol. The Morgan fingerprint density at radius 3 is 0.826 bits per heavy atom. The number of fused-ring (bicyclic) bond motifs is 8. The van der Waals surface area contributed by atoms with Gasteiger partial charge in [-0.05, 0) is 113 Å². The van der Waals surface area contributed by atoms with E-state index in [-0.39, 0.29) is 121 Å². The molecule has 0 bridgehead atoms. The number of hydrogen-bond acceptors (Lipinski definition) is 26. The van der Waals surface area contributed by atoms with Crippen molar-refractivity contribution in [2.75, 3.05) is 117 Å². The fourth-order valence-corrected chi connectivity index (χ4v) is 20.1. The second-order valence-corrected chi connectivity index (χ2v) is 37.0. The number of halogens is 8. The molecule has 4 saturated carbocycles. The first-order valence-corrected chi connectivity index (χ1v) is 48.0. The summed E-state index contributed by atoms with van der Waals surface area (Å²) in [6, 6.07) is 18.7. The molecule has 46 heteroatoms. The molecule has 4 aliphatic heterocycles. The zero-order chi connectivity index (χ0) is 99.8. The molecule has 8 N–H and O–H groups in total. The van der Waals surface area contributed by atoms with E-state index < -0.39 is 71.5 Å². The van der Waals surface area contributed by atoms with Crippen molar-refractivity contribution in [3.63, 3.8) is 0 Å². The molecule has 8 atom stereocenters. The van der Waals surface area contributed by atoms with Crippen LogP contribution in [0.3, 0.4) is 0 Å². The highest BCUT2D eigenvalue weighted by Crippen LogP contribution is 2.46. The van der Waals surface area contributed by atoms with Gasteiger partial charge in [-0.15, -0.1) is 0 Å². The molecule has 20 heterocycles. The highest BCUT2D eigenvalue weighted by molar-refractivity contribution is 6.05. The molecule has 4 aliphatic carbocycles. The summed E-state index contributed by atoms with van der Waals surface area (Å²) in [5.41, 5.74) is 10.8. The predicted molar refractivity (Wildman–Crippen MR) is 516 cm³/mol. The maximum Gasteiger partial charge on any atom is 0.267 e. The Balaban J connectivity index is 0.000000113. The van der Waals surface area contributed by atoms with E-state index in [2.05, 4.69) is 114 Å². The van der Waals surface area contributed by atoms with E-state index in [0.29, 0.717) is 110 Å². The summed E-state index contributed by atoms with van der Waals surface area (Å²) in [5, 5.41) is 43.0. The highest BCUT2D eigenvalue weighted by atomic mass is 19.3. The van der Waals surface area contributed by atoms with E-state index in [1.165, 1.54) is 42.8 Å². The van der Waals surface area contributed by atoms with Crippen LogP contribution in [0.4, 0.5) is 58.4 Å². The summed E-state index contributed by atoms with van der Waals surface area (Å²) < 4.78 is 158. The lowest BCUT2D eigenvalue weighted by atomic mass is 9.88. The van der Waals surface area contributed by atoms with Gasteiger partial charge in [-0.2, -0.15) is 38.5 Å². The summed E-state index contributed by atoms with van der Waals surface area (Å²) in [4.78, 5) is 89.4. The number of nitrogens with one attached hydrogen (secondary N) is 8. The van der Waals surface area contributed by atoms with Crippen molar-refractivity contribution in [3.05, 3.63) is 169 Å². The molecule has 144 heavy (non-hydrogen) atoms. The van der Waals surface area contributed by atoms with Crippen LogP contribution in [0.25, 0.3) is 112 Å². The second-order valence-electron chi connectivity index (χ2n) is 37.0. The molecule has 2 unspecified atom stereocenters. The van der Waals surface area contributed by atoms with Gasteiger partial charge < -0.3 is 89.2 Å². The minimum atomic E-state index is -2.90. The molecule has 8 fully saturated rings. The molecule has 24 rings (SSSR count). The number of alkyl halides is 8. The smallest absolute Gasteiger partial charge is 0.267 e. The van der Waals surface area contributed by atoms with Gasteiger partial charge in [0.15, 0.2) is 22.6 Å². The van der Waals surface area contributed by atoms with Gasteiger partial charge in [0, 0.05) is 237 Å². The standard InChI is InChI=1S/2C25H27F2N7O3.2C24H25F2N7O2/c2*1-28-21-10-17(31-23-15(11-30-34(21)23)24(35)32-20-5-7-25(20,26)27)16-12-33(22-14(16)4-3-8-29-22)18-6-9-37-13-19(18)36-2;2*1-27-20-11-18(17-13-32(14-5-9-35-10-6-14)21-15(17)3-2-8-28-21)30-22-16(12-29-33(20)22)23(34)31-19-4-7-24(19,25)26/h2*3-4,8,10-12,18-20,28H,5-7,9,13H2,1-2H3,(H,32,35);2*2-3,8,11-14,19,27H,4-7,9-10H2,1H3,(H,31,34)/t2*18-,19+,20?;2*19-/m1010/s1. The van der Waals surface area contributed by atoms with E-state index in [1.807, 2.05) is 85.2 Å². The molecular weight excluding hydrogens is 1880 g/mol. The number of aromatic nitrogens is 20. The number of methoxy groups -OCH3 is 2. The normalized spacial score (nSPS) is 21.7. The van der Waals surface area contributed by atoms with E-state index in [9.17, 15) is 54.3 Å². The third-order valence-corrected chi connectivity index (χ3v) is 28.7. The third kappa shape index (κ3) is 17.7. The Kier molecular flexibility index (Phi) is 25.9. The molecule has 0 aromatic carbocycles. The zero-order valence-corrected chi connectivity index (χ0v) is 79.2. The summed E-state index contributed by atoms with van der Waals surface area (Å²) in [6.45, 7) is 5.04. The van der Waals surface area contributed by atoms with E-state index >= 15 is 0 Å². The van der Waals surface area contributed by atoms with Gasteiger partial charge >= 0.3 is 0 Å². The number of anilines is 4. The minimum Gasteiger partial charge on any atom is -0.381 e. The summed E-state index contributed by atoms with van der Waals surface area (Å²) in [6.07, 6.45) is 25.5. The summed E-state index contributed by atoms with van der Waals surface area (Å²) in [7, 11) is 10.3. The third-order valence-electron chi connectivity index (χ3n) is 28.7. The Labute approximate surface area is 815 Å². The zero-order valence-electron chi connectivity index (χ0n) is 79.2. The van der Waals surface area contributed by atoms with Crippen LogP contribution in [-0.2, 0) is 28.4 Å². The van der Waals surface area contributed by atoms with Crippen LogP contribution in [0.1, 0.15) is 155 Å². The van der Waals surface area contributed by atoms with Gasteiger partial charge in [-0.25, -0.2) is 75.0 Å². The number of ether oxygens (including phenoxy) is 6. The van der Waals surface area contributed by atoms with Crippen molar-refractivity contribution < 1.29 is 82.7 Å². The molecule has 16 aromatic heterocycles. The van der Waals surface area contributed by atoms with Crippen molar-refractivity contribution in [2.24, 2.45) is 0 Å². The van der Waals surface area contributed by atoms with Gasteiger partial charge in [0.1, 0.15) is 80.3 Å². The lowest BCUT2D eigenvalue weighted by Gasteiger charge is -2.36. The topological polar surface area (TPSA) is 412 Å². The monoisotopic (exact) mass is 1980 g/mol. The molecule has 0 radical (unpaired) electrons. The van der Waals surface area contributed by atoms with Crippen LogP contribution in [0.15, 0.2) is 147 Å². The first-order chi connectivity index (χ1) is 69.7. The molecule has 752 valence electrons. The molecule has 4 amide bonds. The lowest BCUT2D eigenvalue weighted by Crippen LogP contribution is -2.55. The van der Waals surface area contributed by atoms with Gasteiger partial charge in [-0.3, -0.25) is 19.2 Å². The van der Waals surface area contributed by atoms with Gasteiger partial charge in [-0.1, -0.05) is 0 Å². The van der Waals surface area contributed by atoms with Crippen molar-refractivity contribution >= 4 is 114 Å². The van der Waals surface area contributed by atoms with E-state index in [0.717, 1.165) is 105 Å². The van der Waals surface area contributed by atoms with Gasteiger partial charge in [0.25, 0.3) is 47.3 Å². The number of hydrogen-bond donors (Lipinski definition) is 8. The van der Waals surface area contributed by atoms with Crippen molar-refractivity contribution in [2.45, 2.75) is 174 Å². The maximum atomic E-state index is 13.8. The fourth-order valence-electron chi connectivity index (χ4n) is 20.1. The first kappa shape index (κ1) is 95.7. The van der Waals surface area contributed by atoms with Crippen LogP contribution >= 0.6 is 0 Å². The van der Waals surface area contributed by atoms with Crippen LogP contribution < -0.4 is 42.5 Å². The summed E-state index contributed by atoms with van der Waals surface area (Å²) in [5.74, 6) is -11.6. The first-order valence-electron chi connectivity index (χ1n) is 48.0. The number of amides is 4. The van der Waals surface area contributed by atoms with Crippen molar-refractivity contribution in [1.82, 2.24) is 118 Å². The average Bonchev–Trinajstić information content (AvgIpc) is 1.58. The van der Waals surface area contributed by atoms with Crippen LogP contribution in [0.5, 0.6) is 0 Å². The predicted octanol–water partition coefficient (Wildman–Crippen LogP) is 13.9. The Bertz CT molecular complexity index is 7130. The van der Waals surface area contributed by atoms with Gasteiger partial charge in [0.05, 0.1) is 97.0 Å². The Morgan fingerprint density at radius 1 is 0.340 bits per heavy atom. The molecular formula is C98H104F8N28O10. The van der Waals surface area contributed by atoms with E-state index in [1.54, 1.807) is 67.2 Å². The molecule has 16 aromatic rings. The number of nitrogens with zero attached hydrogens (tertiary/aromatic N) is 20. The van der Waals surface area contributed by atoms with Crippen molar-refractivity contribution in [3.8, 4) is 45.0 Å².